The van der Waals surface area contributed by atoms with E-state index in [1.54, 1.807) is 30.5 Å². The van der Waals surface area contributed by atoms with Crippen molar-refractivity contribution < 1.29 is 8.42 Å². The first-order chi connectivity index (χ1) is 7.92. The van der Waals surface area contributed by atoms with Crippen LogP contribution >= 0.6 is 0 Å². The molecule has 0 fully saturated rings. The topological polar surface area (TPSA) is 58.5 Å². The Bertz CT molecular complexity index is 476. The molecule has 0 atom stereocenters. The number of aryl methyl sites for hydroxylation is 1. The van der Waals surface area contributed by atoms with Crippen LogP contribution < -0.4 is 4.83 Å². The molecule has 0 heterocycles. The lowest BCUT2D eigenvalue weighted by Gasteiger charge is -2.03. The van der Waals surface area contributed by atoms with Crippen molar-refractivity contribution in [3.8, 4) is 0 Å². The summed E-state index contributed by atoms with van der Waals surface area (Å²) in [4.78, 5) is 2.42. The van der Waals surface area contributed by atoms with E-state index >= 15 is 0 Å². The average Bonchev–Trinajstić information content (AvgIpc) is 2.25. The Morgan fingerprint density at radius 2 is 1.88 bits per heavy atom. The van der Waals surface area contributed by atoms with Gasteiger partial charge in [0.1, 0.15) is 0 Å². The van der Waals surface area contributed by atoms with Crippen molar-refractivity contribution in [1.82, 2.24) is 4.83 Å². The summed E-state index contributed by atoms with van der Waals surface area (Å²) < 4.78 is 23.5. The van der Waals surface area contributed by atoms with E-state index in [9.17, 15) is 8.42 Å². The summed E-state index contributed by atoms with van der Waals surface area (Å²) in [5.74, 6) is 0.461. The van der Waals surface area contributed by atoms with Crippen molar-refractivity contribution in [1.29, 1.82) is 0 Å². The predicted octanol–water partition coefficient (Wildman–Crippen LogP) is 2.31. The first-order valence-corrected chi connectivity index (χ1v) is 7.00. The quantitative estimate of drug-likeness (QED) is 0.647. The van der Waals surface area contributed by atoms with E-state index in [2.05, 4.69) is 9.93 Å². The standard InChI is InChI=1S/C12H18N2O2S/c1-10(2)8-9-13-14-17(15,16)12-6-4-11(3)5-7-12/h4-7,9-10,14H,8H2,1-3H3/b13-9+. The SMILES string of the molecule is Cc1ccc(S(=O)(=O)N/N=C/CC(C)C)cc1. The summed E-state index contributed by atoms with van der Waals surface area (Å²) in [6, 6.07) is 6.64. The summed E-state index contributed by atoms with van der Waals surface area (Å²) in [6.07, 6.45) is 2.33. The molecule has 94 valence electrons. The second-order valence-electron chi connectivity index (χ2n) is 4.35. The van der Waals surface area contributed by atoms with Gasteiger partial charge in [-0.2, -0.15) is 13.5 Å². The number of nitrogens with one attached hydrogen (secondary N) is 1. The Morgan fingerprint density at radius 3 is 2.41 bits per heavy atom. The van der Waals surface area contributed by atoms with Gasteiger partial charge in [-0.25, -0.2) is 4.83 Å². The van der Waals surface area contributed by atoms with Gasteiger partial charge >= 0.3 is 0 Å². The third-order valence-electron chi connectivity index (χ3n) is 2.17. The lowest BCUT2D eigenvalue weighted by Crippen LogP contribution is -2.18. The van der Waals surface area contributed by atoms with Crippen molar-refractivity contribution in [3.05, 3.63) is 29.8 Å². The number of benzene rings is 1. The Hall–Kier alpha value is -1.36. The maximum Gasteiger partial charge on any atom is 0.276 e. The summed E-state index contributed by atoms with van der Waals surface area (Å²) in [5, 5.41) is 3.72. The largest absolute Gasteiger partial charge is 0.276 e. The molecule has 5 heteroatoms. The minimum absolute atomic E-state index is 0.227. The van der Waals surface area contributed by atoms with E-state index < -0.39 is 10.0 Å². The maximum absolute atomic E-state index is 11.8. The summed E-state index contributed by atoms with van der Waals surface area (Å²) in [7, 11) is -3.52. The normalized spacial score (nSPS) is 12.2. The average molecular weight is 254 g/mol. The van der Waals surface area contributed by atoms with Gasteiger partial charge in [0, 0.05) is 6.21 Å². The van der Waals surface area contributed by atoms with Crippen molar-refractivity contribution in [2.75, 3.05) is 0 Å². The van der Waals surface area contributed by atoms with Crippen LogP contribution in [0.3, 0.4) is 0 Å². The van der Waals surface area contributed by atoms with E-state index in [1.165, 1.54) is 0 Å². The molecule has 0 aliphatic carbocycles. The fourth-order valence-corrected chi connectivity index (χ4v) is 1.95. The van der Waals surface area contributed by atoms with Gasteiger partial charge in [-0.15, -0.1) is 0 Å². The molecule has 0 aromatic heterocycles. The zero-order chi connectivity index (χ0) is 12.9. The summed E-state index contributed by atoms with van der Waals surface area (Å²) >= 11 is 0. The number of sulfonamides is 1. The van der Waals surface area contributed by atoms with Crippen molar-refractivity contribution in [2.24, 2.45) is 11.0 Å². The number of rotatable bonds is 5. The molecule has 1 N–H and O–H groups in total. The smallest absolute Gasteiger partial charge is 0.200 e. The van der Waals surface area contributed by atoms with Gasteiger partial charge in [0.15, 0.2) is 0 Å². The van der Waals surface area contributed by atoms with Crippen LogP contribution in [0.5, 0.6) is 0 Å². The first kappa shape index (κ1) is 13.7. The molecule has 0 amide bonds. The van der Waals surface area contributed by atoms with Crippen LogP contribution in [0.4, 0.5) is 0 Å². The van der Waals surface area contributed by atoms with Gasteiger partial charge in [0.05, 0.1) is 4.90 Å². The number of nitrogens with zero attached hydrogens (tertiary/aromatic N) is 1. The van der Waals surface area contributed by atoms with Crippen LogP contribution in [0, 0.1) is 12.8 Å². The molecule has 1 aromatic rings. The molecule has 0 aliphatic heterocycles. The second kappa shape index (κ2) is 5.82. The molecule has 0 saturated heterocycles. The van der Waals surface area contributed by atoms with E-state index in [0.717, 1.165) is 12.0 Å². The molecular formula is C12H18N2O2S. The summed E-state index contributed by atoms with van der Waals surface area (Å²) in [6.45, 7) is 5.99. The van der Waals surface area contributed by atoms with Gasteiger partial charge in [-0.3, -0.25) is 0 Å². The zero-order valence-corrected chi connectivity index (χ0v) is 11.2. The zero-order valence-electron chi connectivity index (χ0n) is 10.3. The predicted molar refractivity (Wildman–Crippen MR) is 69.4 cm³/mol. The van der Waals surface area contributed by atoms with E-state index in [0.29, 0.717) is 5.92 Å². The second-order valence-corrected chi connectivity index (χ2v) is 6.01. The van der Waals surface area contributed by atoms with Crippen LogP contribution in [0.2, 0.25) is 0 Å². The van der Waals surface area contributed by atoms with E-state index in [4.69, 9.17) is 0 Å². The van der Waals surface area contributed by atoms with Crippen LogP contribution in [0.1, 0.15) is 25.8 Å². The fourth-order valence-electron chi connectivity index (χ4n) is 1.14. The summed E-state index contributed by atoms with van der Waals surface area (Å²) in [5.41, 5.74) is 1.02. The Kier molecular flexibility index (Phi) is 4.69. The molecule has 0 saturated carbocycles. The molecule has 0 radical (unpaired) electrons. The van der Waals surface area contributed by atoms with Gasteiger partial charge in [0.25, 0.3) is 10.0 Å². The Labute approximate surface area is 103 Å². The van der Waals surface area contributed by atoms with Gasteiger partial charge in [0.2, 0.25) is 0 Å². The molecule has 4 nitrogen and oxygen atoms in total. The van der Waals surface area contributed by atoms with Crippen molar-refractivity contribution in [3.63, 3.8) is 0 Å². The maximum atomic E-state index is 11.8. The van der Waals surface area contributed by atoms with Gasteiger partial charge < -0.3 is 0 Å². The molecule has 0 aliphatic rings. The highest BCUT2D eigenvalue weighted by molar-refractivity contribution is 7.89. The monoisotopic (exact) mass is 254 g/mol. The molecule has 17 heavy (non-hydrogen) atoms. The van der Waals surface area contributed by atoms with E-state index in [-0.39, 0.29) is 4.90 Å². The molecule has 0 bridgehead atoms. The Balaban J connectivity index is 2.69. The molecule has 1 aromatic carbocycles. The number of hydrogen-bond donors (Lipinski definition) is 1. The van der Waals surface area contributed by atoms with E-state index in [1.807, 2.05) is 20.8 Å². The highest BCUT2D eigenvalue weighted by atomic mass is 32.2. The van der Waals surface area contributed by atoms with Crippen LogP contribution in [-0.4, -0.2) is 14.6 Å². The van der Waals surface area contributed by atoms with Gasteiger partial charge in [-0.05, 0) is 31.4 Å². The lowest BCUT2D eigenvalue weighted by atomic mass is 10.2. The van der Waals surface area contributed by atoms with Crippen molar-refractivity contribution >= 4 is 16.2 Å². The van der Waals surface area contributed by atoms with Gasteiger partial charge in [-0.1, -0.05) is 31.5 Å². The molecule has 0 spiro atoms. The van der Waals surface area contributed by atoms with Crippen LogP contribution in [0.25, 0.3) is 0 Å². The third-order valence-corrected chi connectivity index (χ3v) is 3.41. The highest BCUT2D eigenvalue weighted by Crippen LogP contribution is 2.09. The highest BCUT2D eigenvalue weighted by Gasteiger charge is 2.11. The molecular weight excluding hydrogens is 236 g/mol. The fraction of sp³-hybridized carbons (Fsp3) is 0.417. The first-order valence-electron chi connectivity index (χ1n) is 5.52. The molecule has 1 rings (SSSR count). The number of hydrazone groups is 1. The minimum atomic E-state index is -3.52. The Morgan fingerprint density at radius 1 is 1.29 bits per heavy atom. The number of hydrogen-bond acceptors (Lipinski definition) is 3. The van der Waals surface area contributed by atoms with Crippen LogP contribution in [-0.2, 0) is 10.0 Å². The molecule has 0 unspecified atom stereocenters. The lowest BCUT2D eigenvalue weighted by molar-refractivity contribution is 0.584. The third kappa shape index (κ3) is 4.56. The minimum Gasteiger partial charge on any atom is -0.200 e. The van der Waals surface area contributed by atoms with Crippen molar-refractivity contribution in [2.45, 2.75) is 32.1 Å². The van der Waals surface area contributed by atoms with Crippen LogP contribution in [0.15, 0.2) is 34.3 Å².